The lowest BCUT2D eigenvalue weighted by molar-refractivity contribution is 0.146. The first-order valence-corrected chi connectivity index (χ1v) is 7.99. The molecule has 0 amide bonds. The van der Waals surface area contributed by atoms with Gasteiger partial charge in [-0.1, -0.05) is 12.1 Å². The summed E-state index contributed by atoms with van der Waals surface area (Å²) in [5, 5.41) is 7.34. The summed E-state index contributed by atoms with van der Waals surface area (Å²) in [7, 11) is 1.65. The van der Waals surface area contributed by atoms with E-state index in [2.05, 4.69) is 10.2 Å². The first kappa shape index (κ1) is 16.9. The highest BCUT2D eigenvalue weighted by Crippen LogP contribution is 2.23. The zero-order valence-electron chi connectivity index (χ0n) is 14.1. The van der Waals surface area contributed by atoms with Crippen LogP contribution in [0.3, 0.4) is 0 Å². The number of anilines is 1. The maximum absolute atomic E-state index is 5.72. The average Bonchev–Trinajstić information content (AvgIpc) is 3.11. The van der Waals surface area contributed by atoms with Crippen LogP contribution in [0.2, 0.25) is 0 Å². The molecule has 1 aromatic heterocycles. The second kappa shape index (κ2) is 8.21. The van der Waals surface area contributed by atoms with Crippen LogP contribution in [0, 0.1) is 0 Å². The quantitative estimate of drug-likeness (QED) is 0.486. The molecule has 0 bridgehead atoms. The molecule has 0 aliphatic carbocycles. The third-order valence-electron chi connectivity index (χ3n) is 3.59. The molecule has 2 aromatic carbocycles. The molecule has 0 spiro atoms. The Labute approximate surface area is 146 Å². The summed E-state index contributed by atoms with van der Waals surface area (Å²) in [6.07, 6.45) is 0. The Balaban J connectivity index is 1.62. The van der Waals surface area contributed by atoms with Gasteiger partial charge in [-0.15, -0.1) is 0 Å². The standard InChI is InChI=1S/C19H21N3O3/c1-23-9-10-24-18-4-2-3-14(11-18)19-12-16(21-22-19)13-25-17-7-5-15(20)6-8-17/h2-8,11-12H,9-10,13,20H2,1H3,(H,21,22). The van der Waals surface area contributed by atoms with Crippen molar-refractivity contribution in [2.45, 2.75) is 6.61 Å². The van der Waals surface area contributed by atoms with Gasteiger partial charge in [0.25, 0.3) is 0 Å². The Morgan fingerprint density at radius 1 is 0.960 bits per heavy atom. The van der Waals surface area contributed by atoms with Crippen LogP contribution in [0.25, 0.3) is 11.3 Å². The van der Waals surface area contributed by atoms with Gasteiger partial charge in [-0.25, -0.2) is 0 Å². The molecule has 3 rings (SSSR count). The van der Waals surface area contributed by atoms with Crippen LogP contribution in [0.1, 0.15) is 5.69 Å². The van der Waals surface area contributed by atoms with Crippen LogP contribution < -0.4 is 15.2 Å². The van der Waals surface area contributed by atoms with Crippen molar-refractivity contribution in [1.29, 1.82) is 0 Å². The van der Waals surface area contributed by atoms with E-state index in [1.807, 2.05) is 54.6 Å². The van der Waals surface area contributed by atoms with Crippen molar-refractivity contribution in [1.82, 2.24) is 10.2 Å². The lowest BCUT2D eigenvalue weighted by Gasteiger charge is -2.06. The van der Waals surface area contributed by atoms with Crippen LogP contribution >= 0.6 is 0 Å². The summed E-state index contributed by atoms with van der Waals surface area (Å²) >= 11 is 0. The van der Waals surface area contributed by atoms with E-state index in [9.17, 15) is 0 Å². The SMILES string of the molecule is COCCOc1cccc(-c2cc(COc3ccc(N)cc3)[nH]n2)c1. The van der Waals surface area contributed by atoms with Crippen LogP contribution in [0.4, 0.5) is 5.69 Å². The minimum Gasteiger partial charge on any atom is -0.491 e. The van der Waals surface area contributed by atoms with Crippen LogP contribution in [0.5, 0.6) is 11.5 Å². The maximum Gasteiger partial charge on any atom is 0.130 e. The summed E-state index contributed by atoms with van der Waals surface area (Å²) in [6, 6.07) is 17.1. The Bertz CT molecular complexity index is 800. The topological polar surface area (TPSA) is 82.4 Å². The van der Waals surface area contributed by atoms with Gasteiger partial charge in [0, 0.05) is 18.4 Å². The van der Waals surface area contributed by atoms with Crippen molar-refractivity contribution in [3.05, 3.63) is 60.3 Å². The number of hydrogen-bond donors (Lipinski definition) is 2. The molecule has 0 aliphatic heterocycles. The van der Waals surface area contributed by atoms with Gasteiger partial charge in [0.1, 0.15) is 24.7 Å². The molecular weight excluding hydrogens is 318 g/mol. The number of ether oxygens (including phenoxy) is 3. The molecule has 6 heteroatoms. The van der Waals surface area contributed by atoms with E-state index >= 15 is 0 Å². The van der Waals surface area contributed by atoms with Crippen molar-refractivity contribution < 1.29 is 14.2 Å². The molecule has 0 aliphatic rings. The van der Waals surface area contributed by atoms with E-state index in [-0.39, 0.29) is 0 Å². The fourth-order valence-corrected chi connectivity index (χ4v) is 2.30. The van der Waals surface area contributed by atoms with E-state index < -0.39 is 0 Å². The van der Waals surface area contributed by atoms with Gasteiger partial charge >= 0.3 is 0 Å². The lowest BCUT2D eigenvalue weighted by Crippen LogP contribution is -2.04. The van der Waals surface area contributed by atoms with Gasteiger partial charge in [-0.2, -0.15) is 5.10 Å². The number of nitrogens with two attached hydrogens (primary N) is 1. The second-order valence-electron chi connectivity index (χ2n) is 5.51. The van der Waals surface area contributed by atoms with Gasteiger partial charge in [-0.05, 0) is 42.5 Å². The van der Waals surface area contributed by atoms with Gasteiger partial charge in [0.15, 0.2) is 0 Å². The number of nitrogen functional groups attached to an aromatic ring is 1. The van der Waals surface area contributed by atoms with Crippen LogP contribution in [-0.4, -0.2) is 30.5 Å². The van der Waals surface area contributed by atoms with Crippen molar-refractivity contribution in [2.24, 2.45) is 0 Å². The van der Waals surface area contributed by atoms with Gasteiger partial charge in [0.05, 0.1) is 18.0 Å². The average molecular weight is 339 g/mol. The normalized spacial score (nSPS) is 10.6. The van der Waals surface area contributed by atoms with E-state index in [1.165, 1.54) is 0 Å². The van der Waals surface area contributed by atoms with E-state index in [1.54, 1.807) is 7.11 Å². The highest BCUT2D eigenvalue weighted by atomic mass is 16.5. The molecule has 3 aromatic rings. The molecule has 0 fully saturated rings. The van der Waals surface area contributed by atoms with Crippen LogP contribution in [0.15, 0.2) is 54.6 Å². The first-order valence-electron chi connectivity index (χ1n) is 7.99. The number of hydrogen-bond acceptors (Lipinski definition) is 5. The second-order valence-corrected chi connectivity index (χ2v) is 5.51. The van der Waals surface area contributed by atoms with Crippen molar-refractivity contribution in [3.63, 3.8) is 0 Å². The number of nitrogens with zero attached hydrogens (tertiary/aromatic N) is 1. The minimum absolute atomic E-state index is 0.404. The van der Waals surface area contributed by atoms with Gasteiger partial charge in [0.2, 0.25) is 0 Å². The minimum atomic E-state index is 0.404. The number of benzene rings is 2. The van der Waals surface area contributed by atoms with Gasteiger partial charge < -0.3 is 19.9 Å². The summed E-state index contributed by atoms with van der Waals surface area (Å²) in [5.41, 5.74) is 9.08. The number of rotatable bonds is 8. The molecule has 1 heterocycles. The predicted molar refractivity (Wildman–Crippen MR) is 96.6 cm³/mol. The molecule has 3 N–H and O–H groups in total. The molecular formula is C19H21N3O3. The zero-order valence-corrected chi connectivity index (χ0v) is 14.1. The number of aromatic nitrogens is 2. The molecule has 0 saturated carbocycles. The first-order chi connectivity index (χ1) is 12.2. The third kappa shape index (κ3) is 4.74. The molecule has 0 unspecified atom stereocenters. The summed E-state index contributed by atoms with van der Waals surface area (Å²) in [4.78, 5) is 0. The van der Waals surface area contributed by atoms with Crippen LogP contribution in [-0.2, 0) is 11.3 Å². The Morgan fingerprint density at radius 3 is 2.60 bits per heavy atom. The number of methoxy groups -OCH3 is 1. The molecule has 0 saturated heterocycles. The fraction of sp³-hybridized carbons (Fsp3) is 0.211. The lowest BCUT2D eigenvalue weighted by atomic mass is 10.1. The van der Waals surface area contributed by atoms with E-state index in [4.69, 9.17) is 19.9 Å². The molecule has 0 radical (unpaired) electrons. The van der Waals surface area contributed by atoms with E-state index in [0.29, 0.717) is 25.5 Å². The fourth-order valence-electron chi connectivity index (χ4n) is 2.30. The van der Waals surface area contributed by atoms with Gasteiger partial charge in [-0.3, -0.25) is 5.10 Å². The molecule has 25 heavy (non-hydrogen) atoms. The molecule has 0 atom stereocenters. The highest BCUT2D eigenvalue weighted by molar-refractivity contribution is 5.61. The molecule has 6 nitrogen and oxygen atoms in total. The summed E-state index contributed by atoms with van der Waals surface area (Å²) in [6.45, 7) is 1.47. The smallest absolute Gasteiger partial charge is 0.130 e. The third-order valence-corrected chi connectivity index (χ3v) is 3.59. The monoisotopic (exact) mass is 339 g/mol. The van der Waals surface area contributed by atoms with Crippen molar-refractivity contribution in [3.8, 4) is 22.8 Å². The van der Waals surface area contributed by atoms with Crippen molar-refractivity contribution >= 4 is 5.69 Å². The maximum atomic E-state index is 5.72. The highest BCUT2D eigenvalue weighted by Gasteiger charge is 2.06. The summed E-state index contributed by atoms with van der Waals surface area (Å²) in [5.74, 6) is 1.55. The largest absolute Gasteiger partial charge is 0.491 e. The Kier molecular flexibility index (Phi) is 5.53. The zero-order chi connectivity index (χ0) is 17.5. The summed E-state index contributed by atoms with van der Waals surface area (Å²) < 4.78 is 16.3. The van der Waals surface area contributed by atoms with E-state index in [0.717, 1.165) is 28.5 Å². The molecule has 130 valence electrons. The Hall–Kier alpha value is -2.99. The van der Waals surface area contributed by atoms with Crippen molar-refractivity contribution in [2.75, 3.05) is 26.1 Å². The number of H-pyrrole nitrogens is 1. The predicted octanol–water partition coefficient (Wildman–Crippen LogP) is 3.26. The number of aromatic amines is 1. The number of nitrogens with one attached hydrogen (secondary N) is 1. The Morgan fingerprint density at radius 2 is 1.80 bits per heavy atom.